The zero-order valence-corrected chi connectivity index (χ0v) is 15.2. The second kappa shape index (κ2) is 7.85. The molecule has 5 heteroatoms. The van der Waals surface area contributed by atoms with Crippen molar-refractivity contribution >= 4 is 11.8 Å². The molecule has 0 aromatic rings. The number of ether oxygens (including phenoxy) is 1. The molecule has 5 nitrogen and oxygen atoms in total. The fourth-order valence-corrected chi connectivity index (χ4v) is 4.51. The van der Waals surface area contributed by atoms with Gasteiger partial charge in [-0.15, -0.1) is 0 Å². The number of rotatable bonds is 3. The monoisotopic (exact) mass is 336 g/mol. The van der Waals surface area contributed by atoms with Crippen molar-refractivity contribution in [3.63, 3.8) is 0 Å². The van der Waals surface area contributed by atoms with Crippen LogP contribution in [0.1, 0.15) is 58.8 Å². The number of fused-ring (bicyclic) bond motifs is 1. The first-order valence-electron chi connectivity index (χ1n) is 9.73. The fourth-order valence-electron chi connectivity index (χ4n) is 4.51. The molecule has 0 spiro atoms. The van der Waals surface area contributed by atoms with E-state index in [2.05, 4.69) is 0 Å². The van der Waals surface area contributed by atoms with E-state index in [-0.39, 0.29) is 30.6 Å². The summed E-state index contributed by atoms with van der Waals surface area (Å²) < 4.78 is 5.85. The van der Waals surface area contributed by atoms with Gasteiger partial charge >= 0.3 is 0 Å². The Kier molecular flexibility index (Phi) is 5.80. The molecule has 2 heterocycles. The molecule has 2 aliphatic heterocycles. The third-order valence-electron chi connectivity index (χ3n) is 6.00. The molecule has 0 radical (unpaired) electrons. The van der Waals surface area contributed by atoms with Gasteiger partial charge in [-0.2, -0.15) is 0 Å². The molecule has 0 bridgehead atoms. The maximum absolute atomic E-state index is 12.7. The summed E-state index contributed by atoms with van der Waals surface area (Å²) >= 11 is 0. The van der Waals surface area contributed by atoms with Crippen molar-refractivity contribution in [2.45, 2.75) is 70.9 Å². The van der Waals surface area contributed by atoms with Gasteiger partial charge in [0.15, 0.2) is 0 Å². The number of carbonyl (C=O) groups excluding carboxylic acids is 2. The lowest BCUT2D eigenvalue weighted by Gasteiger charge is -2.39. The summed E-state index contributed by atoms with van der Waals surface area (Å²) in [5, 5.41) is 0. The molecule has 0 aromatic heterocycles. The Morgan fingerprint density at radius 2 is 1.92 bits per heavy atom. The lowest BCUT2D eigenvalue weighted by atomic mass is 9.86. The maximum atomic E-state index is 12.7. The molecule has 3 fully saturated rings. The molecule has 2 atom stereocenters. The van der Waals surface area contributed by atoms with Crippen LogP contribution in [0.25, 0.3) is 0 Å². The number of piperidine rings is 1. The van der Waals surface area contributed by atoms with Crippen molar-refractivity contribution in [3.05, 3.63) is 0 Å². The quantitative estimate of drug-likeness (QED) is 0.795. The highest BCUT2D eigenvalue weighted by Crippen LogP contribution is 2.29. The predicted octanol–water partition coefficient (Wildman–Crippen LogP) is 2.44. The lowest BCUT2D eigenvalue weighted by molar-refractivity contribution is -0.139. The van der Waals surface area contributed by atoms with Crippen LogP contribution in [0.4, 0.5) is 0 Å². The van der Waals surface area contributed by atoms with E-state index < -0.39 is 0 Å². The molecule has 3 aliphatic rings. The minimum atomic E-state index is 0.0829. The van der Waals surface area contributed by atoms with Gasteiger partial charge in [0.2, 0.25) is 11.8 Å². The number of hydrogen-bond donors (Lipinski definition) is 0. The molecular weight excluding hydrogens is 304 g/mol. The third-order valence-corrected chi connectivity index (χ3v) is 6.00. The van der Waals surface area contributed by atoms with Crippen LogP contribution < -0.4 is 0 Å². The number of nitrogens with zero attached hydrogens (tertiary/aromatic N) is 2. The average molecular weight is 336 g/mol. The molecule has 2 saturated heterocycles. The van der Waals surface area contributed by atoms with E-state index in [1.165, 1.54) is 32.1 Å². The van der Waals surface area contributed by atoms with Crippen LogP contribution in [-0.4, -0.2) is 60.0 Å². The van der Waals surface area contributed by atoms with Crippen LogP contribution in [0, 0.1) is 11.8 Å². The van der Waals surface area contributed by atoms with Crippen LogP contribution >= 0.6 is 0 Å². The third kappa shape index (κ3) is 4.11. The predicted molar refractivity (Wildman–Crippen MR) is 92.5 cm³/mol. The van der Waals surface area contributed by atoms with Gasteiger partial charge in [0.1, 0.15) is 6.61 Å². The number of likely N-dealkylation sites (tertiary alicyclic amines) is 1. The van der Waals surface area contributed by atoms with E-state index >= 15 is 0 Å². The van der Waals surface area contributed by atoms with Crippen molar-refractivity contribution in [2.24, 2.45) is 11.8 Å². The van der Waals surface area contributed by atoms with Crippen molar-refractivity contribution in [1.29, 1.82) is 0 Å². The summed E-state index contributed by atoms with van der Waals surface area (Å²) in [6.45, 7) is 6.53. The molecule has 2 amide bonds. The lowest BCUT2D eigenvalue weighted by Crippen LogP contribution is -2.50. The summed E-state index contributed by atoms with van der Waals surface area (Å²) in [7, 11) is 0. The van der Waals surface area contributed by atoms with Gasteiger partial charge in [0.05, 0.1) is 6.10 Å². The van der Waals surface area contributed by atoms with E-state index in [0.717, 1.165) is 19.5 Å². The number of hydrogen-bond acceptors (Lipinski definition) is 3. The molecule has 24 heavy (non-hydrogen) atoms. The summed E-state index contributed by atoms with van der Waals surface area (Å²) in [6.07, 6.45) is 8.01. The van der Waals surface area contributed by atoms with Gasteiger partial charge in [-0.05, 0) is 39.0 Å². The van der Waals surface area contributed by atoms with Crippen LogP contribution in [0.15, 0.2) is 0 Å². The Morgan fingerprint density at radius 3 is 2.62 bits per heavy atom. The second-order valence-electron chi connectivity index (χ2n) is 8.09. The van der Waals surface area contributed by atoms with Crippen molar-refractivity contribution in [3.8, 4) is 0 Å². The zero-order valence-electron chi connectivity index (χ0n) is 15.2. The Morgan fingerprint density at radius 1 is 1.17 bits per heavy atom. The van der Waals surface area contributed by atoms with Crippen molar-refractivity contribution in [1.82, 2.24) is 9.80 Å². The maximum Gasteiger partial charge on any atom is 0.248 e. The minimum Gasteiger partial charge on any atom is -0.368 e. The summed E-state index contributed by atoms with van der Waals surface area (Å²) in [5.41, 5.74) is 0. The zero-order chi connectivity index (χ0) is 17.1. The Labute approximate surface area is 145 Å². The molecule has 136 valence electrons. The molecule has 0 aromatic carbocycles. The Hall–Kier alpha value is -1.10. The average Bonchev–Trinajstić information content (AvgIpc) is 2.74. The van der Waals surface area contributed by atoms with E-state index in [9.17, 15) is 9.59 Å². The van der Waals surface area contributed by atoms with E-state index in [1.807, 2.05) is 23.6 Å². The fraction of sp³-hybridized carbons (Fsp3) is 0.895. The van der Waals surface area contributed by atoms with Crippen molar-refractivity contribution < 1.29 is 14.3 Å². The highest BCUT2D eigenvalue weighted by atomic mass is 16.5. The van der Waals surface area contributed by atoms with E-state index in [0.29, 0.717) is 24.8 Å². The van der Waals surface area contributed by atoms with Crippen LogP contribution in [0.3, 0.4) is 0 Å². The Bertz CT molecular complexity index is 460. The second-order valence-corrected chi connectivity index (χ2v) is 8.09. The topological polar surface area (TPSA) is 49.9 Å². The first-order chi connectivity index (χ1) is 11.5. The molecule has 0 N–H and O–H groups in total. The van der Waals surface area contributed by atoms with Gasteiger partial charge in [0.25, 0.3) is 0 Å². The van der Waals surface area contributed by atoms with Crippen molar-refractivity contribution in [2.75, 3.05) is 26.2 Å². The highest BCUT2D eigenvalue weighted by molar-refractivity contribution is 5.78. The largest absolute Gasteiger partial charge is 0.368 e. The van der Waals surface area contributed by atoms with Gasteiger partial charge < -0.3 is 14.5 Å². The normalized spacial score (nSPS) is 29.5. The summed E-state index contributed by atoms with van der Waals surface area (Å²) in [6, 6.07) is 0.188. The molecule has 3 rings (SSSR count). The SMILES string of the molecule is CC(C)N1C[C@H]2CN(C(=O)CC3CCCCC3)CC[C@@H]2OCC1=O. The molecule has 1 saturated carbocycles. The molecular formula is C19H32N2O3. The first-order valence-corrected chi connectivity index (χ1v) is 9.73. The first kappa shape index (κ1) is 17.7. The van der Waals surface area contributed by atoms with Gasteiger partial charge in [-0.3, -0.25) is 9.59 Å². The smallest absolute Gasteiger partial charge is 0.248 e. The van der Waals surface area contributed by atoms with Crippen LogP contribution in [0.5, 0.6) is 0 Å². The highest BCUT2D eigenvalue weighted by Gasteiger charge is 2.38. The van der Waals surface area contributed by atoms with Gasteiger partial charge in [-0.25, -0.2) is 0 Å². The Balaban J connectivity index is 1.58. The standard InChI is InChI=1S/C19H32N2O3/c1-14(2)21-12-16-11-20(9-8-17(16)24-13-19(21)23)18(22)10-15-6-4-3-5-7-15/h14-17H,3-13H2,1-2H3/t16-,17+/m1/s1. The van der Waals surface area contributed by atoms with Gasteiger partial charge in [-0.1, -0.05) is 19.3 Å². The molecule has 1 aliphatic carbocycles. The molecule has 0 unspecified atom stereocenters. The van der Waals surface area contributed by atoms with Crippen LogP contribution in [0.2, 0.25) is 0 Å². The number of carbonyl (C=O) groups is 2. The van der Waals surface area contributed by atoms with Crippen LogP contribution in [-0.2, 0) is 14.3 Å². The summed E-state index contributed by atoms with van der Waals surface area (Å²) in [5.74, 6) is 1.23. The van der Waals surface area contributed by atoms with E-state index in [4.69, 9.17) is 4.74 Å². The van der Waals surface area contributed by atoms with E-state index in [1.54, 1.807) is 0 Å². The number of amides is 2. The summed E-state index contributed by atoms with van der Waals surface area (Å²) in [4.78, 5) is 28.9. The van der Waals surface area contributed by atoms with Gasteiger partial charge in [0, 0.05) is 38.0 Å². The minimum absolute atomic E-state index is 0.0829.